The molecule has 0 amide bonds. The lowest BCUT2D eigenvalue weighted by Gasteiger charge is -2.27. The predicted molar refractivity (Wildman–Crippen MR) is 76.8 cm³/mol. The fourth-order valence-electron chi connectivity index (χ4n) is 2.86. The van der Waals surface area contributed by atoms with Crippen LogP contribution in [0.2, 0.25) is 0 Å². The molecule has 0 spiro atoms. The van der Waals surface area contributed by atoms with Gasteiger partial charge in [-0.15, -0.1) is 0 Å². The van der Waals surface area contributed by atoms with Crippen LogP contribution in [-0.2, 0) is 11.8 Å². The van der Waals surface area contributed by atoms with Crippen LogP contribution in [0.1, 0.15) is 26.2 Å². The maximum atomic E-state index is 5.99. The molecular weight excluding hydrogens is 254 g/mol. The van der Waals surface area contributed by atoms with Crippen molar-refractivity contribution in [3.63, 3.8) is 0 Å². The summed E-state index contributed by atoms with van der Waals surface area (Å²) in [4.78, 5) is 0. The van der Waals surface area contributed by atoms with E-state index in [4.69, 9.17) is 9.47 Å². The van der Waals surface area contributed by atoms with Crippen LogP contribution < -0.4 is 10.1 Å². The summed E-state index contributed by atoms with van der Waals surface area (Å²) < 4.78 is 13.3. The summed E-state index contributed by atoms with van der Waals surface area (Å²) in [5.41, 5.74) is 1.51. The van der Waals surface area contributed by atoms with Gasteiger partial charge in [0, 0.05) is 13.1 Å². The van der Waals surface area contributed by atoms with Crippen molar-refractivity contribution in [3.05, 3.63) is 24.0 Å². The van der Waals surface area contributed by atoms with Crippen molar-refractivity contribution in [3.8, 4) is 5.75 Å². The summed E-state index contributed by atoms with van der Waals surface area (Å²) in [5.74, 6) is 0.814. The Morgan fingerprint density at radius 2 is 2.35 bits per heavy atom. The lowest BCUT2D eigenvalue weighted by molar-refractivity contribution is 0.138. The van der Waals surface area contributed by atoms with E-state index in [1.54, 1.807) is 10.9 Å². The zero-order valence-electron chi connectivity index (χ0n) is 12.2. The van der Waals surface area contributed by atoms with Gasteiger partial charge in [0.15, 0.2) is 5.75 Å². The second kappa shape index (κ2) is 5.97. The SMILES string of the molecule is CC1=CCC(N[C@H]2COC[C@H]2Oc2cnn(C)c2)CC1. The highest BCUT2D eigenvalue weighted by Crippen LogP contribution is 2.21. The third-order valence-electron chi connectivity index (χ3n) is 4.08. The molecule has 2 aliphatic rings. The predicted octanol–water partition coefficient (Wildman–Crippen LogP) is 1.65. The first-order valence-electron chi connectivity index (χ1n) is 7.35. The molecule has 1 aromatic heterocycles. The molecule has 110 valence electrons. The molecule has 5 heteroatoms. The number of allylic oxidation sites excluding steroid dienone is 1. The molecule has 20 heavy (non-hydrogen) atoms. The second-order valence-electron chi connectivity index (χ2n) is 5.84. The van der Waals surface area contributed by atoms with Crippen molar-refractivity contribution in [2.24, 2.45) is 7.05 Å². The highest BCUT2D eigenvalue weighted by Gasteiger charge is 2.32. The Bertz CT molecular complexity index is 483. The Morgan fingerprint density at radius 3 is 3.05 bits per heavy atom. The fraction of sp³-hybridized carbons (Fsp3) is 0.667. The number of hydrogen-bond donors (Lipinski definition) is 1. The molecule has 5 nitrogen and oxygen atoms in total. The summed E-state index contributed by atoms with van der Waals surface area (Å²) >= 11 is 0. The average Bonchev–Trinajstić information content (AvgIpc) is 3.03. The number of rotatable bonds is 4. The Morgan fingerprint density at radius 1 is 1.45 bits per heavy atom. The number of aryl methyl sites for hydroxylation is 1. The third kappa shape index (κ3) is 3.22. The molecular formula is C15H23N3O2. The summed E-state index contributed by atoms with van der Waals surface area (Å²) in [7, 11) is 1.89. The molecule has 1 N–H and O–H groups in total. The summed E-state index contributed by atoms with van der Waals surface area (Å²) in [5, 5.41) is 7.82. The minimum atomic E-state index is 0.0752. The second-order valence-corrected chi connectivity index (χ2v) is 5.84. The van der Waals surface area contributed by atoms with Crippen molar-refractivity contribution >= 4 is 0 Å². The van der Waals surface area contributed by atoms with Crippen LogP contribution in [-0.4, -0.2) is 41.2 Å². The lowest BCUT2D eigenvalue weighted by Crippen LogP contribution is -2.47. The van der Waals surface area contributed by atoms with Gasteiger partial charge in [-0.05, 0) is 26.2 Å². The van der Waals surface area contributed by atoms with E-state index in [0.717, 1.165) is 18.8 Å². The zero-order chi connectivity index (χ0) is 13.9. The van der Waals surface area contributed by atoms with Crippen molar-refractivity contribution < 1.29 is 9.47 Å². The van der Waals surface area contributed by atoms with E-state index in [0.29, 0.717) is 12.6 Å². The zero-order valence-corrected chi connectivity index (χ0v) is 12.2. The smallest absolute Gasteiger partial charge is 0.157 e. The number of ether oxygens (including phenoxy) is 2. The molecule has 3 atom stereocenters. The molecule has 0 radical (unpaired) electrons. The molecule has 1 aliphatic carbocycles. The quantitative estimate of drug-likeness (QED) is 0.850. The van der Waals surface area contributed by atoms with E-state index in [9.17, 15) is 0 Å². The maximum Gasteiger partial charge on any atom is 0.157 e. The Balaban J connectivity index is 1.55. The topological polar surface area (TPSA) is 48.3 Å². The Kier molecular flexibility index (Phi) is 4.08. The minimum Gasteiger partial charge on any atom is -0.483 e. The van der Waals surface area contributed by atoms with E-state index in [-0.39, 0.29) is 12.1 Å². The van der Waals surface area contributed by atoms with Gasteiger partial charge in [0.2, 0.25) is 0 Å². The van der Waals surface area contributed by atoms with Crippen molar-refractivity contribution in [1.82, 2.24) is 15.1 Å². The highest BCUT2D eigenvalue weighted by atomic mass is 16.5. The molecule has 2 heterocycles. The van der Waals surface area contributed by atoms with Crippen molar-refractivity contribution in [2.75, 3.05) is 13.2 Å². The van der Waals surface area contributed by atoms with E-state index in [2.05, 4.69) is 23.4 Å². The summed E-state index contributed by atoms with van der Waals surface area (Å²) in [6, 6.07) is 0.817. The Labute approximate surface area is 119 Å². The number of nitrogens with zero attached hydrogens (tertiary/aromatic N) is 2. The van der Waals surface area contributed by atoms with Crippen LogP contribution in [0.3, 0.4) is 0 Å². The fourth-order valence-corrected chi connectivity index (χ4v) is 2.86. The summed E-state index contributed by atoms with van der Waals surface area (Å²) in [6.45, 7) is 3.58. The van der Waals surface area contributed by atoms with Gasteiger partial charge in [-0.25, -0.2) is 0 Å². The number of nitrogens with one attached hydrogen (secondary N) is 1. The van der Waals surface area contributed by atoms with Crippen LogP contribution >= 0.6 is 0 Å². The standard InChI is InChI=1S/C15H23N3O2/c1-11-3-5-12(6-4-11)17-14-9-19-10-15(14)20-13-7-16-18(2)8-13/h3,7-8,12,14-15,17H,4-6,9-10H2,1-2H3/t12?,14-,15+/m0/s1. The van der Waals surface area contributed by atoms with Gasteiger partial charge in [0.1, 0.15) is 6.10 Å². The van der Waals surface area contributed by atoms with Gasteiger partial charge < -0.3 is 14.8 Å². The molecule has 0 bridgehead atoms. The van der Waals surface area contributed by atoms with Crippen LogP contribution in [0.15, 0.2) is 24.0 Å². The van der Waals surface area contributed by atoms with Crippen LogP contribution in [0.5, 0.6) is 5.75 Å². The number of aromatic nitrogens is 2. The highest BCUT2D eigenvalue weighted by molar-refractivity contribution is 5.13. The van der Waals surface area contributed by atoms with Crippen LogP contribution in [0, 0.1) is 0 Å². The average molecular weight is 277 g/mol. The molecule has 1 unspecified atom stereocenters. The molecule has 1 fully saturated rings. The molecule has 3 rings (SSSR count). The van der Waals surface area contributed by atoms with Crippen LogP contribution in [0.25, 0.3) is 0 Å². The van der Waals surface area contributed by atoms with Gasteiger partial charge >= 0.3 is 0 Å². The molecule has 0 saturated carbocycles. The van der Waals surface area contributed by atoms with Crippen molar-refractivity contribution in [2.45, 2.75) is 44.4 Å². The maximum absolute atomic E-state index is 5.99. The van der Waals surface area contributed by atoms with Gasteiger partial charge in [0.25, 0.3) is 0 Å². The van der Waals surface area contributed by atoms with Gasteiger partial charge in [-0.3, -0.25) is 4.68 Å². The third-order valence-corrected chi connectivity index (χ3v) is 4.08. The minimum absolute atomic E-state index is 0.0752. The molecule has 1 saturated heterocycles. The first-order chi connectivity index (χ1) is 9.70. The number of hydrogen-bond acceptors (Lipinski definition) is 4. The van der Waals surface area contributed by atoms with E-state index >= 15 is 0 Å². The van der Waals surface area contributed by atoms with E-state index < -0.39 is 0 Å². The first-order valence-corrected chi connectivity index (χ1v) is 7.35. The van der Waals surface area contributed by atoms with Gasteiger partial charge in [-0.1, -0.05) is 11.6 Å². The molecule has 1 aliphatic heterocycles. The monoisotopic (exact) mass is 277 g/mol. The first kappa shape index (κ1) is 13.6. The van der Waals surface area contributed by atoms with Crippen LogP contribution in [0.4, 0.5) is 0 Å². The molecule has 0 aromatic carbocycles. The molecule has 1 aromatic rings. The Hall–Kier alpha value is -1.33. The lowest BCUT2D eigenvalue weighted by atomic mass is 9.95. The summed E-state index contributed by atoms with van der Waals surface area (Å²) in [6.07, 6.45) is 9.57. The van der Waals surface area contributed by atoms with Crippen molar-refractivity contribution in [1.29, 1.82) is 0 Å². The normalized spacial score (nSPS) is 30.3. The van der Waals surface area contributed by atoms with E-state index in [1.807, 2.05) is 13.2 Å². The van der Waals surface area contributed by atoms with E-state index in [1.165, 1.54) is 18.4 Å². The van der Waals surface area contributed by atoms with Gasteiger partial charge in [0.05, 0.1) is 31.6 Å². The largest absolute Gasteiger partial charge is 0.483 e. The van der Waals surface area contributed by atoms with Gasteiger partial charge in [-0.2, -0.15) is 5.10 Å².